The first-order valence-electron chi connectivity index (χ1n) is 14.1. The fourth-order valence-electron chi connectivity index (χ4n) is 5.35. The van der Waals surface area contributed by atoms with Gasteiger partial charge in [0.1, 0.15) is 0 Å². The van der Waals surface area contributed by atoms with E-state index in [9.17, 15) is 0 Å². The van der Waals surface area contributed by atoms with Crippen LogP contribution in [0.5, 0.6) is 0 Å². The second kappa shape index (κ2) is 11.1. The van der Waals surface area contributed by atoms with E-state index >= 15 is 0 Å². The highest BCUT2D eigenvalue weighted by atomic mass is 35.5. The highest BCUT2D eigenvalue weighted by Gasteiger charge is 2.16. The van der Waals surface area contributed by atoms with Gasteiger partial charge in [-0.05, 0) is 34.9 Å². The second-order valence-corrected chi connectivity index (χ2v) is 11.7. The van der Waals surface area contributed by atoms with E-state index in [0.29, 0.717) is 17.5 Å². The van der Waals surface area contributed by atoms with Crippen molar-refractivity contribution < 1.29 is 0 Å². The van der Waals surface area contributed by atoms with Crippen LogP contribution in [-0.2, 0) is 0 Å². The number of fused-ring (bicyclic) bond motifs is 3. The Morgan fingerprint density at radius 2 is 0.955 bits per heavy atom. The predicted octanol–water partition coefficient (Wildman–Crippen LogP) is 10.0. The van der Waals surface area contributed by atoms with E-state index in [2.05, 4.69) is 70.6 Å². The van der Waals surface area contributed by atoms with E-state index in [1.54, 1.807) is 11.3 Å². The molecule has 7 heteroatoms. The molecule has 5 aromatic carbocycles. The minimum Gasteiger partial charge on any atom is -0.216 e. The topological polar surface area (TPSA) is 64.5 Å². The average molecular weight is 604 g/mol. The zero-order valence-electron chi connectivity index (χ0n) is 23.2. The van der Waals surface area contributed by atoms with Gasteiger partial charge in [0.15, 0.2) is 17.5 Å². The lowest BCUT2D eigenvalue weighted by Crippen LogP contribution is -2.00. The Morgan fingerprint density at radius 3 is 1.61 bits per heavy atom. The number of benzene rings is 5. The molecule has 0 radical (unpaired) electrons. The number of hydrogen-bond acceptors (Lipinski definition) is 6. The Balaban J connectivity index is 1.18. The molecule has 0 atom stereocenters. The minimum atomic E-state index is 0.243. The van der Waals surface area contributed by atoms with Crippen molar-refractivity contribution in [3.63, 3.8) is 0 Å². The van der Waals surface area contributed by atoms with Crippen LogP contribution in [0.1, 0.15) is 0 Å². The summed E-state index contributed by atoms with van der Waals surface area (Å²) >= 11 is 8.12. The zero-order chi connectivity index (χ0) is 29.5. The summed E-state index contributed by atoms with van der Waals surface area (Å²) in [5.74, 6) is 1.91. The number of thiophene rings is 1. The third-order valence-electron chi connectivity index (χ3n) is 7.50. The lowest BCUT2D eigenvalue weighted by molar-refractivity contribution is 1.07. The molecule has 0 N–H and O–H groups in total. The Bertz CT molecular complexity index is 2230. The first-order valence-corrected chi connectivity index (χ1v) is 15.3. The molecule has 3 heterocycles. The summed E-state index contributed by atoms with van der Waals surface area (Å²) in [6.45, 7) is 0. The monoisotopic (exact) mass is 603 g/mol. The number of rotatable bonds is 5. The summed E-state index contributed by atoms with van der Waals surface area (Å²) in [5.41, 5.74) is 7.66. The lowest BCUT2D eigenvalue weighted by atomic mass is 10.00. The van der Waals surface area contributed by atoms with Gasteiger partial charge in [-0.2, -0.15) is 0 Å². The van der Waals surface area contributed by atoms with Crippen molar-refractivity contribution in [3.8, 4) is 56.5 Å². The summed E-state index contributed by atoms with van der Waals surface area (Å²) in [6.07, 6.45) is 0. The molecule has 8 rings (SSSR count). The molecular weight excluding hydrogens is 582 g/mol. The van der Waals surface area contributed by atoms with Gasteiger partial charge in [-0.15, -0.1) is 11.3 Å². The molecule has 0 unspecified atom stereocenters. The summed E-state index contributed by atoms with van der Waals surface area (Å²) in [7, 11) is 0. The molecule has 0 aliphatic carbocycles. The summed E-state index contributed by atoms with van der Waals surface area (Å²) in [5, 5.41) is 1.34. The fraction of sp³-hybridized carbons (Fsp3) is 0. The highest BCUT2D eigenvalue weighted by molar-refractivity contribution is 7.26. The van der Waals surface area contributed by atoms with Crippen LogP contribution in [0.3, 0.4) is 0 Å². The smallest absolute Gasteiger partial charge is 0.216 e. The molecule has 0 aliphatic rings. The molecule has 208 valence electrons. The largest absolute Gasteiger partial charge is 0.223 e. The van der Waals surface area contributed by atoms with Crippen LogP contribution in [-0.4, -0.2) is 24.9 Å². The van der Waals surface area contributed by atoms with Crippen LogP contribution in [0.4, 0.5) is 0 Å². The SMILES string of the molecule is Clc1nc(-c2cccc(-c3ccc(-c4nc(-c5ccccc5)nc(-c5ccccc5)n4)cc3)c2)c2sc3ccccc3c2n1. The summed E-state index contributed by atoms with van der Waals surface area (Å²) < 4.78 is 2.19. The van der Waals surface area contributed by atoms with Crippen LogP contribution < -0.4 is 0 Å². The Labute approximate surface area is 262 Å². The zero-order valence-corrected chi connectivity index (χ0v) is 24.8. The molecule has 0 aliphatic heterocycles. The van der Waals surface area contributed by atoms with Gasteiger partial charge in [-0.3, -0.25) is 0 Å². The number of halogens is 1. The predicted molar refractivity (Wildman–Crippen MR) is 180 cm³/mol. The van der Waals surface area contributed by atoms with Crippen molar-refractivity contribution in [2.75, 3.05) is 0 Å². The quantitative estimate of drug-likeness (QED) is 0.183. The maximum Gasteiger partial charge on any atom is 0.223 e. The third kappa shape index (κ3) is 4.90. The van der Waals surface area contributed by atoms with E-state index in [0.717, 1.165) is 59.4 Å². The first-order chi connectivity index (χ1) is 21.7. The maximum absolute atomic E-state index is 6.43. The average Bonchev–Trinajstić information content (AvgIpc) is 3.47. The van der Waals surface area contributed by atoms with E-state index in [4.69, 9.17) is 26.6 Å². The molecule has 44 heavy (non-hydrogen) atoms. The Kier molecular flexibility index (Phi) is 6.63. The van der Waals surface area contributed by atoms with Crippen LogP contribution in [0, 0.1) is 0 Å². The highest BCUT2D eigenvalue weighted by Crippen LogP contribution is 2.39. The van der Waals surface area contributed by atoms with Crippen molar-refractivity contribution in [3.05, 3.63) is 139 Å². The van der Waals surface area contributed by atoms with Gasteiger partial charge in [-0.1, -0.05) is 121 Å². The number of nitrogens with zero attached hydrogens (tertiary/aromatic N) is 5. The van der Waals surface area contributed by atoms with E-state index in [1.807, 2.05) is 72.8 Å². The normalized spacial score (nSPS) is 11.3. The molecule has 0 saturated carbocycles. The van der Waals surface area contributed by atoms with Gasteiger partial charge in [0.05, 0.1) is 15.9 Å². The third-order valence-corrected chi connectivity index (χ3v) is 8.84. The summed E-state index contributed by atoms with van der Waals surface area (Å²) in [4.78, 5) is 23.8. The van der Waals surface area contributed by atoms with Gasteiger partial charge in [0.2, 0.25) is 5.28 Å². The molecule has 5 nitrogen and oxygen atoms in total. The minimum absolute atomic E-state index is 0.243. The van der Waals surface area contributed by atoms with Gasteiger partial charge >= 0.3 is 0 Å². The van der Waals surface area contributed by atoms with Crippen LogP contribution in [0.25, 0.3) is 76.9 Å². The van der Waals surface area contributed by atoms with Crippen molar-refractivity contribution >= 4 is 43.2 Å². The van der Waals surface area contributed by atoms with Crippen LogP contribution >= 0.6 is 22.9 Å². The van der Waals surface area contributed by atoms with Gasteiger partial charge in [-0.25, -0.2) is 24.9 Å². The van der Waals surface area contributed by atoms with E-state index in [1.165, 1.54) is 0 Å². The maximum atomic E-state index is 6.43. The van der Waals surface area contributed by atoms with Crippen molar-refractivity contribution in [1.82, 2.24) is 24.9 Å². The van der Waals surface area contributed by atoms with Gasteiger partial charge in [0, 0.05) is 32.3 Å². The van der Waals surface area contributed by atoms with Gasteiger partial charge in [0.25, 0.3) is 0 Å². The lowest BCUT2D eigenvalue weighted by Gasteiger charge is -2.10. The van der Waals surface area contributed by atoms with Crippen molar-refractivity contribution in [1.29, 1.82) is 0 Å². The fourth-order valence-corrected chi connectivity index (χ4v) is 6.68. The first kappa shape index (κ1) is 26.3. The number of hydrogen-bond donors (Lipinski definition) is 0. The summed E-state index contributed by atoms with van der Waals surface area (Å²) in [6, 6.07) is 45.0. The van der Waals surface area contributed by atoms with E-state index in [-0.39, 0.29) is 5.28 Å². The molecule has 3 aromatic heterocycles. The number of aromatic nitrogens is 5. The van der Waals surface area contributed by atoms with E-state index < -0.39 is 0 Å². The molecule has 0 saturated heterocycles. The van der Waals surface area contributed by atoms with Gasteiger partial charge < -0.3 is 0 Å². The molecule has 0 fully saturated rings. The standard InChI is InChI=1S/C37H22ClN5S/c38-37-39-31(33-32(40-37)29-16-7-8-17-30(29)44-33)28-15-9-14-27(22-28)23-18-20-26(21-19-23)36-42-34(24-10-3-1-4-11-24)41-35(43-36)25-12-5-2-6-13-25/h1-22H. The molecule has 0 amide bonds. The molecule has 0 bridgehead atoms. The molecule has 8 aromatic rings. The Hall–Kier alpha value is -5.30. The Morgan fingerprint density at radius 1 is 0.432 bits per heavy atom. The second-order valence-electron chi connectivity index (χ2n) is 10.3. The van der Waals surface area contributed by atoms with Crippen LogP contribution in [0.15, 0.2) is 133 Å². The van der Waals surface area contributed by atoms with Crippen LogP contribution in [0.2, 0.25) is 5.28 Å². The van der Waals surface area contributed by atoms with Crippen molar-refractivity contribution in [2.45, 2.75) is 0 Å². The molecule has 0 spiro atoms. The molecular formula is C37H22ClN5S. The van der Waals surface area contributed by atoms with Crippen molar-refractivity contribution in [2.24, 2.45) is 0 Å².